The van der Waals surface area contributed by atoms with E-state index in [1.54, 1.807) is 12.4 Å². The van der Waals surface area contributed by atoms with Crippen molar-refractivity contribution in [2.45, 2.75) is 6.54 Å². The molecule has 0 radical (unpaired) electrons. The van der Waals surface area contributed by atoms with Crippen molar-refractivity contribution in [2.75, 3.05) is 5.32 Å². The quantitative estimate of drug-likeness (QED) is 0.514. The van der Waals surface area contributed by atoms with Gasteiger partial charge in [0.1, 0.15) is 0 Å². The second-order valence-electron chi connectivity index (χ2n) is 5.64. The van der Waals surface area contributed by atoms with E-state index in [2.05, 4.69) is 57.7 Å². The third kappa shape index (κ3) is 3.93. The smallest absolute Gasteiger partial charge is 0.171 e. The van der Waals surface area contributed by atoms with E-state index in [1.165, 1.54) is 0 Å². The van der Waals surface area contributed by atoms with Crippen LogP contribution in [-0.2, 0) is 6.54 Å². The molecular weight excluding hydrogens is 367 g/mol. The van der Waals surface area contributed by atoms with Crippen LogP contribution in [0.3, 0.4) is 0 Å². The summed E-state index contributed by atoms with van der Waals surface area (Å²) in [6.45, 7) is 0.603. The number of benzene rings is 2. The van der Waals surface area contributed by atoms with Gasteiger partial charge >= 0.3 is 0 Å². The number of hydrogen-bond acceptors (Lipinski definition) is 4. The molecule has 4 aromatic rings. The van der Waals surface area contributed by atoms with E-state index < -0.39 is 0 Å². The molecule has 0 unspecified atom stereocenters. The Balaban J connectivity index is 0.00000196. The maximum absolute atomic E-state index is 6.03. The van der Waals surface area contributed by atoms with Crippen LogP contribution in [0.25, 0.3) is 22.2 Å². The van der Waals surface area contributed by atoms with Crippen LogP contribution in [0.1, 0.15) is 5.56 Å². The van der Waals surface area contributed by atoms with Gasteiger partial charge in [-0.15, -0.1) is 12.4 Å². The summed E-state index contributed by atoms with van der Waals surface area (Å²) >= 11 is 6.03. The predicted octanol–water partition coefficient (Wildman–Crippen LogP) is 5.38. The van der Waals surface area contributed by atoms with E-state index in [0.29, 0.717) is 17.5 Å². The molecule has 0 amide bonds. The average molecular weight is 383 g/mol. The fraction of sp³-hybridized carbons (Fsp3) is 0.0500. The van der Waals surface area contributed by atoms with Crippen LogP contribution in [-0.4, -0.2) is 15.0 Å². The highest BCUT2D eigenvalue weighted by atomic mass is 35.5. The van der Waals surface area contributed by atoms with Crippen molar-refractivity contribution in [1.29, 1.82) is 0 Å². The van der Waals surface area contributed by atoms with Crippen LogP contribution < -0.4 is 5.32 Å². The number of halogens is 2. The van der Waals surface area contributed by atoms with Crippen LogP contribution >= 0.6 is 24.0 Å². The number of pyridine rings is 1. The van der Waals surface area contributed by atoms with Gasteiger partial charge in [0.05, 0.1) is 11.2 Å². The second-order valence-corrected chi connectivity index (χ2v) is 6.00. The molecule has 2 aromatic carbocycles. The molecule has 2 heterocycles. The zero-order valence-electron chi connectivity index (χ0n) is 13.8. The topological polar surface area (TPSA) is 50.7 Å². The van der Waals surface area contributed by atoms with Crippen molar-refractivity contribution < 1.29 is 0 Å². The Morgan fingerprint density at radius 1 is 0.885 bits per heavy atom. The standard InChI is InChI=1S/C20H15ClN4.ClH/c21-19-20(23-11-10-22-19)24-13-14-6-7-16-8-9-17(25-18(16)12-14)15-4-2-1-3-5-15;/h1-12H,13H2,(H,23,24);1H. The molecule has 26 heavy (non-hydrogen) atoms. The van der Waals surface area contributed by atoms with Gasteiger partial charge in [-0.05, 0) is 17.7 Å². The summed E-state index contributed by atoms with van der Waals surface area (Å²) in [5.74, 6) is 0.579. The molecule has 1 N–H and O–H groups in total. The van der Waals surface area contributed by atoms with E-state index in [0.717, 1.165) is 27.7 Å². The summed E-state index contributed by atoms with van der Waals surface area (Å²) in [5, 5.41) is 4.69. The van der Waals surface area contributed by atoms with Gasteiger partial charge in [0.15, 0.2) is 11.0 Å². The van der Waals surface area contributed by atoms with Gasteiger partial charge in [0.25, 0.3) is 0 Å². The molecule has 0 aliphatic rings. The van der Waals surface area contributed by atoms with E-state index in [-0.39, 0.29) is 12.4 Å². The maximum atomic E-state index is 6.03. The Bertz CT molecular complexity index is 1020. The summed E-state index contributed by atoms with van der Waals surface area (Å²) in [4.78, 5) is 13.0. The Kier molecular flexibility index (Phi) is 5.66. The number of hydrogen-bond donors (Lipinski definition) is 1. The minimum atomic E-state index is 0. The molecule has 6 heteroatoms. The molecule has 0 fully saturated rings. The highest BCUT2D eigenvalue weighted by Gasteiger charge is 2.04. The van der Waals surface area contributed by atoms with Crippen molar-refractivity contribution in [2.24, 2.45) is 0 Å². The lowest BCUT2D eigenvalue weighted by atomic mass is 10.1. The van der Waals surface area contributed by atoms with Gasteiger partial charge in [0, 0.05) is 29.9 Å². The van der Waals surface area contributed by atoms with Crippen molar-refractivity contribution in [3.05, 3.63) is 83.8 Å². The first-order valence-electron chi connectivity index (χ1n) is 7.95. The number of nitrogens with zero attached hydrogens (tertiary/aromatic N) is 3. The van der Waals surface area contributed by atoms with E-state index in [9.17, 15) is 0 Å². The lowest BCUT2D eigenvalue weighted by molar-refractivity contribution is 1.09. The summed E-state index contributed by atoms with van der Waals surface area (Å²) < 4.78 is 0. The molecular formula is C20H16Cl2N4. The maximum Gasteiger partial charge on any atom is 0.171 e. The third-order valence-corrected chi connectivity index (χ3v) is 4.22. The molecule has 0 saturated heterocycles. The first-order valence-corrected chi connectivity index (χ1v) is 8.33. The highest BCUT2D eigenvalue weighted by molar-refractivity contribution is 6.31. The number of fused-ring (bicyclic) bond motifs is 1. The Hall–Kier alpha value is -2.69. The second kappa shape index (κ2) is 8.13. The summed E-state index contributed by atoms with van der Waals surface area (Å²) in [7, 11) is 0. The molecule has 0 spiro atoms. The van der Waals surface area contributed by atoms with Gasteiger partial charge in [-0.1, -0.05) is 60.1 Å². The van der Waals surface area contributed by atoms with Gasteiger partial charge in [-0.25, -0.2) is 15.0 Å². The first-order chi connectivity index (χ1) is 12.3. The molecule has 130 valence electrons. The Labute approximate surface area is 162 Å². The summed E-state index contributed by atoms with van der Waals surface area (Å²) in [6, 6.07) is 20.6. The van der Waals surface area contributed by atoms with Crippen LogP contribution in [0.4, 0.5) is 5.82 Å². The molecule has 0 atom stereocenters. The average Bonchev–Trinajstić information content (AvgIpc) is 2.67. The van der Waals surface area contributed by atoms with Crippen LogP contribution in [0.2, 0.25) is 5.15 Å². The van der Waals surface area contributed by atoms with Crippen molar-refractivity contribution in [1.82, 2.24) is 15.0 Å². The number of aromatic nitrogens is 3. The fourth-order valence-corrected chi connectivity index (χ4v) is 2.84. The lowest BCUT2D eigenvalue weighted by Gasteiger charge is -2.08. The molecule has 0 aliphatic carbocycles. The van der Waals surface area contributed by atoms with Crippen molar-refractivity contribution in [3.8, 4) is 11.3 Å². The largest absolute Gasteiger partial charge is 0.363 e. The third-order valence-electron chi connectivity index (χ3n) is 3.94. The molecule has 4 nitrogen and oxygen atoms in total. The monoisotopic (exact) mass is 382 g/mol. The van der Waals surface area contributed by atoms with E-state index in [4.69, 9.17) is 16.6 Å². The Morgan fingerprint density at radius 3 is 2.46 bits per heavy atom. The van der Waals surface area contributed by atoms with Gasteiger partial charge in [-0.3, -0.25) is 0 Å². The van der Waals surface area contributed by atoms with Crippen molar-refractivity contribution in [3.63, 3.8) is 0 Å². The molecule has 2 aromatic heterocycles. The highest BCUT2D eigenvalue weighted by Crippen LogP contribution is 2.22. The van der Waals surface area contributed by atoms with E-state index in [1.807, 2.05) is 18.2 Å². The van der Waals surface area contributed by atoms with Crippen LogP contribution in [0, 0.1) is 0 Å². The van der Waals surface area contributed by atoms with Crippen LogP contribution in [0.5, 0.6) is 0 Å². The zero-order chi connectivity index (χ0) is 17.1. The lowest BCUT2D eigenvalue weighted by Crippen LogP contribution is -2.02. The van der Waals surface area contributed by atoms with Gasteiger partial charge in [0.2, 0.25) is 0 Å². The first kappa shape index (κ1) is 18.1. The zero-order valence-corrected chi connectivity index (χ0v) is 15.3. The minimum Gasteiger partial charge on any atom is -0.363 e. The van der Waals surface area contributed by atoms with Crippen molar-refractivity contribution >= 4 is 40.7 Å². The van der Waals surface area contributed by atoms with Gasteiger partial charge in [-0.2, -0.15) is 0 Å². The number of rotatable bonds is 4. The van der Waals surface area contributed by atoms with Gasteiger partial charge < -0.3 is 5.32 Å². The van der Waals surface area contributed by atoms with Crippen LogP contribution in [0.15, 0.2) is 73.1 Å². The molecule has 0 bridgehead atoms. The van der Waals surface area contributed by atoms with E-state index >= 15 is 0 Å². The fourth-order valence-electron chi connectivity index (χ4n) is 2.67. The molecule has 0 aliphatic heterocycles. The minimum absolute atomic E-state index is 0. The Morgan fingerprint density at radius 2 is 1.65 bits per heavy atom. The molecule has 0 saturated carbocycles. The SMILES string of the molecule is Cl.Clc1nccnc1NCc1ccc2ccc(-c3ccccc3)nc2c1. The normalized spacial score (nSPS) is 10.3. The number of nitrogens with one attached hydrogen (secondary N) is 1. The number of anilines is 1. The molecule has 4 rings (SSSR count). The predicted molar refractivity (Wildman–Crippen MR) is 109 cm³/mol. The summed E-state index contributed by atoms with van der Waals surface area (Å²) in [6.07, 6.45) is 3.18. The summed E-state index contributed by atoms with van der Waals surface area (Å²) in [5.41, 5.74) is 4.15.